The fraction of sp³-hybridized carbons (Fsp3) is 0.489. The highest BCUT2D eigenvalue weighted by molar-refractivity contribution is 6.03. The second kappa shape index (κ2) is 40.4. The Morgan fingerprint density at radius 3 is 1.06 bits per heavy atom. The molecule has 620 valence electrons. The van der Waals surface area contributed by atoms with Gasteiger partial charge in [-0.3, -0.25) is 38.6 Å². The number of amides is 5. The first-order valence-electron chi connectivity index (χ1n) is 40.9. The molecule has 6 aliphatic rings. The molecular formula is C92H111N9O16. The molecular weight excluding hydrogens is 1490 g/mol. The van der Waals surface area contributed by atoms with Crippen LogP contribution < -0.4 is 34.2 Å². The van der Waals surface area contributed by atoms with Crippen LogP contribution in [0.4, 0.5) is 26.7 Å². The zero-order chi connectivity index (χ0) is 84.3. The Morgan fingerprint density at radius 1 is 0.453 bits per heavy atom. The number of fused-ring (bicyclic) bond motifs is 3. The van der Waals surface area contributed by atoms with E-state index in [1.165, 1.54) is 83.9 Å². The first-order chi connectivity index (χ1) is 56.0. The SMILES string of the molecule is CN(C(=O)OC(C)(C)C)[C@H](CC(=O)O)C(=O)N1CCc2cc(OCc3ccc(C4CCCCC4)c(C#N)c3)ccc21.CN[C@H](CC(=O)O)C(=O)N1CCc2cc(OCc3ccc(C4CCCCC4)c(C#N)c3)ccc21.COC(=O)C[C@H](C(=O)N1CCc2cc(OCc3ccc(C4CCCCC4)c(C#N)c3)ccc21)N(C)C(=O)OC(C)(C)C. The number of carboxylic acid groups (broad SMARTS) is 2. The molecule has 3 aliphatic carbocycles. The number of nitriles is 3. The molecule has 25 heteroatoms. The summed E-state index contributed by atoms with van der Waals surface area (Å²) in [5, 5.41) is 50.5. The molecule has 3 N–H and O–H groups in total. The van der Waals surface area contributed by atoms with E-state index in [-0.39, 0.29) is 24.7 Å². The fourth-order valence-corrected chi connectivity index (χ4v) is 16.4. The maximum atomic E-state index is 13.7. The summed E-state index contributed by atoms with van der Waals surface area (Å²) >= 11 is 0. The van der Waals surface area contributed by atoms with Crippen molar-refractivity contribution in [1.82, 2.24) is 15.1 Å². The van der Waals surface area contributed by atoms with Gasteiger partial charge in [-0.15, -0.1) is 0 Å². The minimum Gasteiger partial charge on any atom is -0.489 e. The van der Waals surface area contributed by atoms with Gasteiger partial charge < -0.3 is 58.7 Å². The Bertz CT molecular complexity index is 4720. The van der Waals surface area contributed by atoms with E-state index in [1.807, 2.05) is 66.7 Å². The molecule has 0 bridgehead atoms. The molecule has 6 aromatic carbocycles. The number of aliphatic carboxylic acids is 2. The first kappa shape index (κ1) is 87.9. The summed E-state index contributed by atoms with van der Waals surface area (Å²) in [6.07, 6.45) is 17.3. The van der Waals surface area contributed by atoms with Gasteiger partial charge in [0.25, 0.3) is 11.8 Å². The van der Waals surface area contributed by atoms with Crippen molar-refractivity contribution in [3.05, 3.63) is 176 Å². The topological polar surface area (TPSA) is 332 Å². The standard InChI is InChI=1S/C33H41N3O6.C32H39N3O6.C27H31N3O4/c1-33(2,3)42-32(39)35(4)29(19-30(37)40-5)31(38)36-16-15-24-18-26(12-14-28(24)36)41-21-22-11-13-27(25(17-22)20-34)23-9-7-6-8-10-23;1-32(2,3)41-31(39)34(4)28(18-29(36)37)30(38)35-15-14-23-17-25(11-13-27(23)35)40-20-21-10-12-26(24(16-21)19-33)22-8-6-5-7-9-22;1-29-24(15-26(31)32)27(33)30-12-11-20-14-22(8-10-25(20)30)34-17-18-7-9-23(21(13-18)16-28)19-5-3-2-4-6-19/h11-14,17-18,23,29H,6-10,15-16,19,21H2,1-5H3;10-13,16-17,22,28H,5-9,14-15,18,20H2,1-4H3,(H,36,37);7-10,13-14,19,24,29H,2-6,11-12,15,17H2,1H3,(H,31,32)/t29-;28-;24-/m111/s1. The Kier molecular flexibility index (Phi) is 30.3. The summed E-state index contributed by atoms with van der Waals surface area (Å²) in [5.41, 5.74) is 11.9. The van der Waals surface area contributed by atoms with Crippen LogP contribution in [-0.4, -0.2) is 145 Å². The van der Waals surface area contributed by atoms with E-state index in [0.29, 0.717) is 111 Å². The summed E-state index contributed by atoms with van der Waals surface area (Å²) in [6, 6.07) is 38.8. The molecule has 0 radical (unpaired) electrons. The number of methoxy groups -OCH3 is 1. The molecule has 0 spiro atoms. The number of ether oxygens (including phenoxy) is 6. The highest BCUT2D eigenvalue weighted by Gasteiger charge is 2.41. The second-order valence-electron chi connectivity index (χ2n) is 33.1. The van der Waals surface area contributed by atoms with Gasteiger partial charge in [0, 0.05) is 50.8 Å². The smallest absolute Gasteiger partial charge is 0.410 e. The number of carbonyl (C=O) groups is 8. The summed E-state index contributed by atoms with van der Waals surface area (Å²) in [4.78, 5) is 107. The first-order valence-corrected chi connectivity index (χ1v) is 40.9. The maximum absolute atomic E-state index is 13.7. The Balaban J connectivity index is 0.000000186. The average Bonchev–Trinajstić information content (AvgIpc) is 1.65. The van der Waals surface area contributed by atoms with E-state index in [0.717, 1.165) is 115 Å². The molecule has 3 aliphatic heterocycles. The lowest BCUT2D eigenvalue weighted by Crippen LogP contribution is -2.51. The number of nitrogens with one attached hydrogen (secondary N) is 1. The number of nitrogens with zero attached hydrogens (tertiary/aromatic N) is 8. The number of carbonyl (C=O) groups excluding carboxylic acids is 6. The van der Waals surface area contributed by atoms with Crippen molar-refractivity contribution < 1.29 is 77.0 Å². The van der Waals surface area contributed by atoms with Gasteiger partial charge in [0.2, 0.25) is 5.91 Å². The molecule has 3 atom stereocenters. The molecule has 12 rings (SSSR count). The van der Waals surface area contributed by atoms with Gasteiger partial charge in [-0.2, -0.15) is 15.8 Å². The molecule has 3 fully saturated rings. The number of carboxylic acids is 2. The summed E-state index contributed by atoms with van der Waals surface area (Å²) in [7, 11) is 5.68. The van der Waals surface area contributed by atoms with Crippen molar-refractivity contribution in [2.45, 2.75) is 243 Å². The minimum atomic E-state index is -1.21. The number of benzene rings is 6. The third-order valence-electron chi connectivity index (χ3n) is 22.6. The third-order valence-corrected chi connectivity index (χ3v) is 22.6. The van der Waals surface area contributed by atoms with E-state index in [4.69, 9.17) is 33.5 Å². The van der Waals surface area contributed by atoms with Gasteiger partial charge in [-0.25, -0.2) is 9.59 Å². The molecule has 3 saturated carbocycles. The largest absolute Gasteiger partial charge is 0.489 e. The zero-order valence-corrected chi connectivity index (χ0v) is 69.1. The van der Waals surface area contributed by atoms with Crippen LogP contribution in [0, 0.1) is 34.0 Å². The summed E-state index contributed by atoms with van der Waals surface area (Å²) in [6.45, 7) is 12.6. The van der Waals surface area contributed by atoms with Crippen molar-refractivity contribution in [3.63, 3.8) is 0 Å². The molecule has 6 aromatic rings. The van der Waals surface area contributed by atoms with Gasteiger partial charge >= 0.3 is 30.1 Å². The van der Waals surface area contributed by atoms with Crippen LogP contribution in [0.5, 0.6) is 17.2 Å². The number of anilines is 3. The van der Waals surface area contributed by atoms with Crippen molar-refractivity contribution in [2.75, 3.05) is 62.6 Å². The van der Waals surface area contributed by atoms with Crippen LogP contribution in [0.15, 0.2) is 109 Å². The van der Waals surface area contributed by atoms with Gasteiger partial charge in [-0.05, 0) is 247 Å². The molecule has 3 heterocycles. The minimum absolute atomic E-state index is 0.237. The lowest BCUT2D eigenvalue weighted by molar-refractivity contribution is -0.144. The maximum Gasteiger partial charge on any atom is 0.410 e. The number of hydrogen-bond donors (Lipinski definition) is 3. The van der Waals surface area contributed by atoms with Crippen LogP contribution in [0.25, 0.3) is 0 Å². The lowest BCUT2D eigenvalue weighted by atomic mass is 9.82. The van der Waals surface area contributed by atoms with Crippen LogP contribution in [-0.2, 0) is 82.1 Å². The predicted octanol–water partition coefficient (Wildman–Crippen LogP) is 15.8. The summed E-state index contributed by atoms with van der Waals surface area (Å²) in [5.74, 6) is -0.489. The summed E-state index contributed by atoms with van der Waals surface area (Å²) < 4.78 is 33.8. The Morgan fingerprint density at radius 2 is 0.769 bits per heavy atom. The monoisotopic (exact) mass is 1600 g/mol. The van der Waals surface area contributed by atoms with Crippen molar-refractivity contribution in [1.29, 1.82) is 15.8 Å². The van der Waals surface area contributed by atoms with Gasteiger partial charge in [0.05, 0.1) is 67.3 Å². The van der Waals surface area contributed by atoms with E-state index >= 15 is 0 Å². The van der Waals surface area contributed by atoms with E-state index in [9.17, 15) is 59.2 Å². The quantitative estimate of drug-likeness (QED) is 0.0374. The molecule has 5 amide bonds. The van der Waals surface area contributed by atoms with Gasteiger partial charge in [0.1, 0.15) is 60.4 Å². The Labute approximate surface area is 686 Å². The molecule has 117 heavy (non-hydrogen) atoms. The van der Waals surface area contributed by atoms with E-state index < -0.39 is 71.8 Å². The van der Waals surface area contributed by atoms with Crippen LogP contribution in [0.3, 0.4) is 0 Å². The third kappa shape index (κ3) is 23.4. The van der Waals surface area contributed by atoms with E-state index in [1.54, 1.807) is 76.6 Å². The Hall–Kier alpha value is -11.5. The number of rotatable bonds is 24. The van der Waals surface area contributed by atoms with Crippen LogP contribution in [0.2, 0.25) is 0 Å². The predicted molar refractivity (Wildman–Crippen MR) is 441 cm³/mol. The van der Waals surface area contributed by atoms with Gasteiger partial charge in [-0.1, -0.05) is 94.2 Å². The van der Waals surface area contributed by atoms with Crippen LogP contribution >= 0.6 is 0 Å². The molecule has 0 saturated heterocycles. The average molecular weight is 1600 g/mol. The normalized spacial score (nSPS) is 16.0. The fourth-order valence-electron chi connectivity index (χ4n) is 16.4. The molecule has 0 unspecified atom stereocenters. The number of esters is 1. The highest BCUT2D eigenvalue weighted by atomic mass is 16.6. The molecule has 0 aromatic heterocycles. The van der Waals surface area contributed by atoms with E-state index in [2.05, 4.69) is 47.8 Å². The van der Waals surface area contributed by atoms with Crippen LogP contribution in [0.1, 0.15) is 242 Å². The second-order valence-corrected chi connectivity index (χ2v) is 33.1. The lowest BCUT2D eigenvalue weighted by Gasteiger charge is -2.32. The highest BCUT2D eigenvalue weighted by Crippen LogP contribution is 2.41. The van der Waals surface area contributed by atoms with Gasteiger partial charge in [0.15, 0.2) is 0 Å². The number of hydrogen-bond acceptors (Lipinski definition) is 18. The van der Waals surface area contributed by atoms with Crippen molar-refractivity contribution in [3.8, 4) is 35.5 Å². The molecule has 25 nitrogen and oxygen atoms in total. The zero-order valence-electron chi connectivity index (χ0n) is 69.1. The van der Waals surface area contributed by atoms with Crippen molar-refractivity contribution in [2.24, 2.45) is 0 Å². The number of likely N-dealkylation sites (N-methyl/N-ethyl adjacent to an activating group) is 3. The van der Waals surface area contributed by atoms with Crippen molar-refractivity contribution >= 4 is 64.9 Å².